The van der Waals surface area contributed by atoms with Crippen molar-refractivity contribution in [1.82, 2.24) is 24.6 Å². The monoisotopic (exact) mass is 357 g/mol. The highest BCUT2D eigenvalue weighted by atomic mass is 16.5. The molecule has 0 aromatic carbocycles. The molecule has 3 heterocycles. The van der Waals surface area contributed by atoms with Crippen molar-refractivity contribution in [1.29, 1.82) is 0 Å². The van der Waals surface area contributed by atoms with Crippen LogP contribution in [0.25, 0.3) is 0 Å². The van der Waals surface area contributed by atoms with Crippen LogP contribution in [0.4, 0.5) is 0 Å². The van der Waals surface area contributed by atoms with Crippen LogP contribution in [0.5, 0.6) is 0 Å². The van der Waals surface area contributed by atoms with Crippen molar-refractivity contribution < 1.29 is 9.53 Å². The number of aryl methyl sites for hydroxylation is 4. The van der Waals surface area contributed by atoms with Crippen molar-refractivity contribution in [2.75, 3.05) is 19.8 Å². The largest absolute Gasteiger partial charge is 0.377 e. The van der Waals surface area contributed by atoms with Crippen LogP contribution in [-0.2, 0) is 29.4 Å². The van der Waals surface area contributed by atoms with E-state index in [0.717, 1.165) is 41.9 Å². The lowest BCUT2D eigenvalue weighted by atomic mass is 10.0. The Morgan fingerprint density at radius 2 is 2.08 bits per heavy atom. The number of hydrogen-bond donors (Lipinski definition) is 0. The summed E-state index contributed by atoms with van der Waals surface area (Å²) in [5.74, 6) is 0.192. The summed E-state index contributed by atoms with van der Waals surface area (Å²) in [6, 6.07) is 0.104. The van der Waals surface area contributed by atoms with Crippen LogP contribution in [0.3, 0.4) is 0 Å². The molecule has 2 aromatic heterocycles. The summed E-state index contributed by atoms with van der Waals surface area (Å²) >= 11 is 0. The van der Waals surface area contributed by atoms with Crippen LogP contribution < -0.4 is 0 Å². The Labute approximate surface area is 154 Å². The van der Waals surface area contributed by atoms with Crippen molar-refractivity contribution in [3.63, 3.8) is 0 Å². The van der Waals surface area contributed by atoms with Gasteiger partial charge in [-0.25, -0.2) is 0 Å². The molecular weight excluding hydrogens is 330 g/mol. The molecule has 3 rings (SSSR count). The molecule has 0 radical (unpaired) electrons. The van der Waals surface area contributed by atoms with Crippen molar-refractivity contribution in [3.05, 3.63) is 41.2 Å². The van der Waals surface area contributed by atoms with E-state index in [0.29, 0.717) is 26.2 Å². The zero-order chi connectivity index (χ0) is 18.5. The van der Waals surface area contributed by atoms with Crippen LogP contribution in [0.1, 0.15) is 35.5 Å². The molecule has 0 saturated carbocycles. The Hall–Kier alpha value is -2.28. The van der Waals surface area contributed by atoms with Crippen molar-refractivity contribution >= 4 is 5.91 Å². The summed E-state index contributed by atoms with van der Waals surface area (Å²) < 4.78 is 7.47. The fourth-order valence-electron chi connectivity index (χ4n) is 3.38. The van der Waals surface area contributed by atoms with Gasteiger partial charge in [0.15, 0.2) is 0 Å². The highest BCUT2D eigenvalue weighted by Gasteiger charge is 2.27. The normalized spacial score (nSPS) is 17.5. The maximum absolute atomic E-state index is 12.8. The molecule has 1 aliphatic heterocycles. The second-order valence-corrected chi connectivity index (χ2v) is 6.82. The smallest absolute Gasteiger partial charge is 0.223 e. The van der Waals surface area contributed by atoms with Gasteiger partial charge in [-0.1, -0.05) is 0 Å². The standard InChI is InChI=1S/C19H27N5O2/c1-14-18(21-9-8-20-14)6-5-17-13-26-11-10-24(17)19(25)7-4-16-12-22-23(3)15(16)2/h8-9,12,17H,4-7,10-11,13H2,1-3H3/t17-/m1/s1. The maximum atomic E-state index is 12.8. The number of rotatable bonds is 6. The number of aromatic nitrogens is 4. The number of hydrogen-bond acceptors (Lipinski definition) is 5. The Bertz CT molecular complexity index is 758. The number of ether oxygens (including phenoxy) is 1. The van der Waals surface area contributed by atoms with E-state index in [1.165, 1.54) is 0 Å². The van der Waals surface area contributed by atoms with Gasteiger partial charge in [-0.15, -0.1) is 0 Å². The molecular formula is C19H27N5O2. The first-order valence-electron chi connectivity index (χ1n) is 9.17. The van der Waals surface area contributed by atoms with E-state index in [2.05, 4.69) is 15.1 Å². The minimum atomic E-state index is 0.104. The first-order chi connectivity index (χ1) is 12.6. The molecule has 1 atom stereocenters. The van der Waals surface area contributed by atoms with Gasteiger partial charge in [0.25, 0.3) is 0 Å². The summed E-state index contributed by atoms with van der Waals surface area (Å²) in [5, 5.41) is 4.25. The van der Waals surface area contributed by atoms with Crippen LogP contribution in [0.15, 0.2) is 18.6 Å². The Kier molecular flexibility index (Phi) is 5.98. The van der Waals surface area contributed by atoms with Gasteiger partial charge in [-0.05, 0) is 38.7 Å². The summed E-state index contributed by atoms with van der Waals surface area (Å²) in [6.07, 6.45) is 8.17. The predicted molar refractivity (Wildman–Crippen MR) is 97.7 cm³/mol. The van der Waals surface area contributed by atoms with E-state index >= 15 is 0 Å². The molecule has 140 valence electrons. The first kappa shape index (κ1) is 18.5. The summed E-state index contributed by atoms with van der Waals surface area (Å²) in [7, 11) is 1.92. The van der Waals surface area contributed by atoms with Gasteiger partial charge in [-0.3, -0.25) is 19.4 Å². The lowest BCUT2D eigenvalue weighted by molar-refractivity contribution is -0.140. The Morgan fingerprint density at radius 1 is 1.27 bits per heavy atom. The molecule has 0 bridgehead atoms. The quantitative estimate of drug-likeness (QED) is 0.785. The highest BCUT2D eigenvalue weighted by molar-refractivity contribution is 5.77. The lowest BCUT2D eigenvalue weighted by Gasteiger charge is -2.36. The van der Waals surface area contributed by atoms with Gasteiger partial charge in [0.2, 0.25) is 5.91 Å². The topological polar surface area (TPSA) is 73.1 Å². The third-order valence-corrected chi connectivity index (χ3v) is 5.19. The number of morpholine rings is 1. The molecule has 0 N–H and O–H groups in total. The first-order valence-corrected chi connectivity index (χ1v) is 9.17. The van der Waals surface area contributed by atoms with E-state index in [1.54, 1.807) is 12.4 Å². The number of amides is 1. The van der Waals surface area contributed by atoms with E-state index in [1.807, 2.05) is 36.7 Å². The maximum Gasteiger partial charge on any atom is 0.223 e. The molecule has 0 unspecified atom stereocenters. The number of nitrogens with zero attached hydrogens (tertiary/aromatic N) is 5. The minimum Gasteiger partial charge on any atom is -0.377 e. The lowest BCUT2D eigenvalue weighted by Crippen LogP contribution is -2.49. The third-order valence-electron chi connectivity index (χ3n) is 5.19. The molecule has 7 heteroatoms. The van der Waals surface area contributed by atoms with Gasteiger partial charge < -0.3 is 9.64 Å². The molecule has 0 aliphatic carbocycles. The van der Waals surface area contributed by atoms with Crippen molar-refractivity contribution in [2.24, 2.45) is 7.05 Å². The van der Waals surface area contributed by atoms with E-state index in [4.69, 9.17) is 4.74 Å². The molecule has 0 spiro atoms. The molecule has 1 saturated heterocycles. The number of carbonyl (C=O) groups is 1. The van der Waals surface area contributed by atoms with Gasteiger partial charge in [0.1, 0.15) is 0 Å². The van der Waals surface area contributed by atoms with E-state index < -0.39 is 0 Å². The van der Waals surface area contributed by atoms with Crippen LogP contribution in [-0.4, -0.2) is 56.4 Å². The third kappa shape index (κ3) is 4.27. The minimum absolute atomic E-state index is 0.104. The highest BCUT2D eigenvalue weighted by Crippen LogP contribution is 2.17. The Morgan fingerprint density at radius 3 is 2.81 bits per heavy atom. The van der Waals surface area contributed by atoms with Crippen LogP contribution >= 0.6 is 0 Å². The molecule has 1 aliphatic rings. The van der Waals surface area contributed by atoms with Crippen molar-refractivity contribution in [2.45, 2.75) is 45.6 Å². The van der Waals surface area contributed by atoms with E-state index in [9.17, 15) is 4.79 Å². The summed E-state index contributed by atoms with van der Waals surface area (Å²) in [6.45, 7) is 5.87. The van der Waals surface area contributed by atoms with Gasteiger partial charge in [0, 0.05) is 38.1 Å². The fourth-order valence-corrected chi connectivity index (χ4v) is 3.38. The fraction of sp³-hybridized carbons (Fsp3) is 0.579. The average Bonchev–Trinajstić information content (AvgIpc) is 2.98. The molecule has 7 nitrogen and oxygen atoms in total. The van der Waals surface area contributed by atoms with Crippen LogP contribution in [0, 0.1) is 13.8 Å². The zero-order valence-corrected chi connectivity index (χ0v) is 15.8. The van der Waals surface area contributed by atoms with E-state index in [-0.39, 0.29) is 11.9 Å². The summed E-state index contributed by atoms with van der Waals surface area (Å²) in [4.78, 5) is 23.5. The SMILES string of the molecule is Cc1nccnc1CC[C@@H]1COCCN1C(=O)CCc1cnn(C)c1C. The second kappa shape index (κ2) is 8.40. The summed E-state index contributed by atoms with van der Waals surface area (Å²) in [5.41, 5.74) is 4.21. The van der Waals surface area contributed by atoms with Gasteiger partial charge >= 0.3 is 0 Å². The predicted octanol–water partition coefficient (Wildman–Crippen LogP) is 1.62. The van der Waals surface area contributed by atoms with Gasteiger partial charge in [-0.2, -0.15) is 5.10 Å². The molecule has 1 fully saturated rings. The van der Waals surface area contributed by atoms with Gasteiger partial charge in [0.05, 0.1) is 36.8 Å². The molecule has 26 heavy (non-hydrogen) atoms. The Balaban J connectivity index is 1.58. The van der Waals surface area contributed by atoms with Crippen molar-refractivity contribution in [3.8, 4) is 0 Å². The number of carbonyl (C=O) groups excluding carboxylic acids is 1. The second-order valence-electron chi connectivity index (χ2n) is 6.82. The molecule has 1 amide bonds. The zero-order valence-electron chi connectivity index (χ0n) is 15.8. The average molecular weight is 357 g/mol. The van der Waals surface area contributed by atoms with Crippen LogP contribution in [0.2, 0.25) is 0 Å². The molecule has 2 aromatic rings.